The molecule has 2 N–H and O–H groups in total. The molecule has 0 amide bonds. The van der Waals surface area contributed by atoms with Crippen LogP contribution in [0.25, 0.3) is 0 Å². The molecule has 3 nitrogen and oxygen atoms in total. The largest absolute Gasteiger partial charge is 0.395 e. The zero-order valence-corrected chi connectivity index (χ0v) is 10.2. The lowest BCUT2D eigenvalue weighted by Gasteiger charge is -2.20. The Morgan fingerprint density at radius 3 is 2.82 bits per heavy atom. The summed E-state index contributed by atoms with van der Waals surface area (Å²) >= 11 is 0. The molecule has 3 heteroatoms. The molecule has 88 valence electrons. The van der Waals surface area contributed by atoms with Crippen LogP contribution in [0.4, 0.5) is 5.69 Å². The van der Waals surface area contributed by atoms with E-state index in [2.05, 4.69) is 37.2 Å². The number of nitrogens with two attached hydrogens (primary N) is 1. The van der Waals surface area contributed by atoms with Gasteiger partial charge in [-0.15, -0.1) is 0 Å². The van der Waals surface area contributed by atoms with Gasteiger partial charge in [0.1, 0.15) is 12.0 Å². The lowest BCUT2D eigenvalue weighted by Crippen LogP contribution is -2.24. The van der Waals surface area contributed by atoms with E-state index in [0.717, 1.165) is 18.5 Å². The van der Waals surface area contributed by atoms with Crippen LogP contribution in [-0.4, -0.2) is 5.16 Å². The number of benzene rings is 1. The fraction of sp³-hybridized carbons (Fsp3) is 0.357. The van der Waals surface area contributed by atoms with Gasteiger partial charge in [-0.1, -0.05) is 30.3 Å². The third-order valence-electron chi connectivity index (χ3n) is 3.82. The highest BCUT2D eigenvalue weighted by Gasteiger charge is 2.38. The van der Waals surface area contributed by atoms with Crippen molar-refractivity contribution in [1.29, 1.82) is 0 Å². The van der Waals surface area contributed by atoms with E-state index < -0.39 is 0 Å². The number of fused-ring (bicyclic) bond motifs is 1. The Kier molecular flexibility index (Phi) is 2.05. The fourth-order valence-corrected chi connectivity index (χ4v) is 2.93. The minimum atomic E-state index is -0.0223. The van der Waals surface area contributed by atoms with Gasteiger partial charge in [0, 0.05) is 5.41 Å². The van der Waals surface area contributed by atoms with E-state index in [-0.39, 0.29) is 5.41 Å². The van der Waals surface area contributed by atoms with Gasteiger partial charge < -0.3 is 10.3 Å². The summed E-state index contributed by atoms with van der Waals surface area (Å²) in [4.78, 5) is 0. The second-order valence-corrected chi connectivity index (χ2v) is 5.25. The molecule has 1 unspecified atom stereocenters. The first-order valence-corrected chi connectivity index (χ1v) is 5.88. The molecule has 1 aromatic heterocycles. The van der Waals surface area contributed by atoms with Gasteiger partial charge in [-0.2, -0.15) is 0 Å². The summed E-state index contributed by atoms with van der Waals surface area (Å²) in [7, 11) is 0. The van der Waals surface area contributed by atoms with E-state index in [1.807, 2.05) is 0 Å². The van der Waals surface area contributed by atoms with Crippen molar-refractivity contribution in [2.75, 3.05) is 5.73 Å². The Hall–Kier alpha value is -1.77. The van der Waals surface area contributed by atoms with Gasteiger partial charge in [-0.3, -0.25) is 0 Å². The van der Waals surface area contributed by atoms with Crippen LogP contribution in [0.2, 0.25) is 0 Å². The van der Waals surface area contributed by atoms with Gasteiger partial charge >= 0.3 is 0 Å². The molecule has 1 heterocycles. The van der Waals surface area contributed by atoms with Gasteiger partial charge in [0.15, 0.2) is 0 Å². The van der Waals surface area contributed by atoms with Crippen molar-refractivity contribution in [1.82, 2.24) is 5.16 Å². The number of rotatable bonds is 1. The van der Waals surface area contributed by atoms with Gasteiger partial charge in [-0.05, 0) is 36.5 Å². The van der Waals surface area contributed by atoms with Gasteiger partial charge in [0.05, 0.1) is 5.69 Å². The second-order valence-electron chi connectivity index (χ2n) is 5.25. The highest BCUT2D eigenvalue weighted by molar-refractivity contribution is 5.50. The number of nitrogen functional groups attached to an aromatic ring is 1. The topological polar surface area (TPSA) is 52.0 Å². The van der Waals surface area contributed by atoms with Crippen LogP contribution in [0.3, 0.4) is 0 Å². The summed E-state index contributed by atoms with van der Waals surface area (Å²) in [5.41, 5.74) is 11.7. The number of aryl methyl sites for hydroxylation is 1. The Morgan fingerprint density at radius 2 is 2.18 bits per heavy atom. The van der Waals surface area contributed by atoms with Gasteiger partial charge in [0.25, 0.3) is 0 Å². The van der Waals surface area contributed by atoms with Crippen molar-refractivity contribution < 1.29 is 4.52 Å². The first kappa shape index (κ1) is 10.4. The zero-order chi connectivity index (χ0) is 12.0. The number of aromatic nitrogens is 1. The maximum Gasteiger partial charge on any atom is 0.147 e. The van der Waals surface area contributed by atoms with Crippen LogP contribution >= 0.6 is 0 Å². The average Bonchev–Trinajstić information content (AvgIpc) is 2.83. The fourth-order valence-electron chi connectivity index (χ4n) is 2.93. The summed E-state index contributed by atoms with van der Waals surface area (Å²) < 4.78 is 4.98. The molecule has 2 aromatic rings. The normalized spacial score (nSPS) is 22.7. The van der Waals surface area contributed by atoms with E-state index in [9.17, 15) is 0 Å². The quantitative estimate of drug-likeness (QED) is 0.816. The summed E-state index contributed by atoms with van der Waals surface area (Å²) in [5, 5.41) is 4.08. The van der Waals surface area contributed by atoms with E-state index >= 15 is 0 Å². The standard InChI is InChI=1S/C14H16N2O/c1-9-4-3-5-10-6-14(2,7-11(9)10)13-12(15)8-17-16-13/h3-5,8H,6-7,15H2,1-2H3. The first-order chi connectivity index (χ1) is 8.10. The van der Waals surface area contributed by atoms with Crippen molar-refractivity contribution in [2.24, 2.45) is 0 Å². The molecule has 1 aliphatic carbocycles. The molecule has 0 spiro atoms. The number of anilines is 1. The summed E-state index contributed by atoms with van der Waals surface area (Å²) in [6.45, 7) is 4.37. The smallest absolute Gasteiger partial charge is 0.147 e. The Bertz CT molecular complexity index is 573. The molecule has 0 fully saturated rings. The van der Waals surface area contributed by atoms with E-state index in [1.165, 1.54) is 23.0 Å². The van der Waals surface area contributed by atoms with Crippen LogP contribution in [0.15, 0.2) is 29.0 Å². The number of hydrogen-bond acceptors (Lipinski definition) is 3. The van der Waals surface area contributed by atoms with Crippen molar-refractivity contribution in [2.45, 2.75) is 32.1 Å². The van der Waals surface area contributed by atoms with Crippen molar-refractivity contribution in [3.8, 4) is 0 Å². The van der Waals surface area contributed by atoms with Crippen LogP contribution in [0.5, 0.6) is 0 Å². The van der Waals surface area contributed by atoms with Gasteiger partial charge in [-0.25, -0.2) is 0 Å². The van der Waals surface area contributed by atoms with E-state index in [0.29, 0.717) is 5.69 Å². The highest BCUT2D eigenvalue weighted by atomic mass is 16.5. The predicted octanol–water partition coefficient (Wildman–Crippen LogP) is 2.62. The molecule has 0 aliphatic heterocycles. The molecule has 1 atom stereocenters. The highest BCUT2D eigenvalue weighted by Crippen LogP contribution is 2.41. The predicted molar refractivity (Wildman–Crippen MR) is 66.9 cm³/mol. The minimum absolute atomic E-state index is 0.0223. The van der Waals surface area contributed by atoms with Crippen molar-refractivity contribution in [3.63, 3.8) is 0 Å². The average molecular weight is 228 g/mol. The van der Waals surface area contributed by atoms with Crippen LogP contribution in [0, 0.1) is 6.92 Å². The summed E-state index contributed by atoms with van der Waals surface area (Å²) in [5.74, 6) is 0. The summed E-state index contributed by atoms with van der Waals surface area (Å²) in [6, 6.07) is 6.48. The molecule has 1 aromatic carbocycles. The van der Waals surface area contributed by atoms with E-state index in [1.54, 1.807) is 0 Å². The Labute approximate surface area is 101 Å². The minimum Gasteiger partial charge on any atom is -0.395 e. The Morgan fingerprint density at radius 1 is 1.35 bits per heavy atom. The summed E-state index contributed by atoms with van der Waals surface area (Å²) in [6.07, 6.45) is 3.50. The third-order valence-corrected chi connectivity index (χ3v) is 3.82. The first-order valence-electron chi connectivity index (χ1n) is 5.88. The van der Waals surface area contributed by atoms with Gasteiger partial charge in [0.2, 0.25) is 0 Å². The van der Waals surface area contributed by atoms with Crippen molar-refractivity contribution >= 4 is 5.69 Å². The molecule has 0 radical (unpaired) electrons. The molecule has 1 aliphatic rings. The van der Waals surface area contributed by atoms with Crippen LogP contribution < -0.4 is 5.73 Å². The molecule has 0 bridgehead atoms. The molecule has 0 saturated carbocycles. The lowest BCUT2D eigenvalue weighted by molar-refractivity contribution is 0.379. The molecular weight excluding hydrogens is 212 g/mol. The Balaban J connectivity index is 2.06. The molecular formula is C14H16N2O. The molecule has 17 heavy (non-hydrogen) atoms. The third kappa shape index (κ3) is 1.46. The SMILES string of the molecule is Cc1cccc2c1CC(C)(c1nocc1N)C2. The molecule has 0 saturated heterocycles. The van der Waals surface area contributed by atoms with Crippen LogP contribution in [-0.2, 0) is 18.3 Å². The van der Waals surface area contributed by atoms with Crippen LogP contribution in [0.1, 0.15) is 29.3 Å². The monoisotopic (exact) mass is 228 g/mol. The molecule has 3 rings (SSSR count). The number of nitrogens with zero attached hydrogens (tertiary/aromatic N) is 1. The maximum absolute atomic E-state index is 5.92. The van der Waals surface area contributed by atoms with E-state index in [4.69, 9.17) is 10.3 Å². The number of hydrogen-bond donors (Lipinski definition) is 1. The second kappa shape index (κ2) is 3.36. The van der Waals surface area contributed by atoms with Crippen molar-refractivity contribution in [3.05, 3.63) is 46.8 Å². The zero-order valence-electron chi connectivity index (χ0n) is 10.2. The maximum atomic E-state index is 5.92. The lowest BCUT2D eigenvalue weighted by atomic mass is 9.83.